The molecule has 0 aliphatic rings. The molecule has 2 heterocycles. The summed E-state index contributed by atoms with van der Waals surface area (Å²) >= 11 is 0. The second kappa shape index (κ2) is 8.61. The number of hydrogen-bond acceptors (Lipinski definition) is 4. The molecule has 182 valence electrons. The van der Waals surface area contributed by atoms with Crippen LogP contribution in [0.4, 0.5) is 0 Å². The van der Waals surface area contributed by atoms with Crippen LogP contribution in [-0.2, 0) is 0 Å². The molecule has 0 fully saturated rings. The van der Waals surface area contributed by atoms with E-state index in [1.165, 1.54) is 16.2 Å². The van der Waals surface area contributed by atoms with Crippen LogP contribution in [0.1, 0.15) is 0 Å². The van der Waals surface area contributed by atoms with Gasteiger partial charge < -0.3 is 4.42 Å². The number of hydrogen-bond donors (Lipinski definition) is 0. The zero-order valence-electron chi connectivity index (χ0n) is 20.9. The summed E-state index contributed by atoms with van der Waals surface area (Å²) in [5, 5.41) is 6.85. The van der Waals surface area contributed by atoms with Crippen LogP contribution in [0, 0.1) is 0 Å². The van der Waals surface area contributed by atoms with Crippen LogP contribution in [0.2, 0.25) is 0 Å². The molecule has 8 aromatic rings. The molecule has 0 saturated carbocycles. The SMILES string of the molecule is c1ccc(-c2nc(-c3ccccc3)nc(-c3cccc4oc5cc6ccc7ccccc7c6cc5c34)n2)cc1. The first-order valence-corrected chi connectivity index (χ1v) is 13.0. The van der Waals surface area contributed by atoms with Gasteiger partial charge in [0.25, 0.3) is 0 Å². The quantitative estimate of drug-likeness (QED) is 0.228. The monoisotopic (exact) mass is 499 g/mol. The van der Waals surface area contributed by atoms with E-state index in [4.69, 9.17) is 19.4 Å². The van der Waals surface area contributed by atoms with Crippen molar-refractivity contribution in [2.24, 2.45) is 0 Å². The van der Waals surface area contributed by atoms with Crippen molar-refractivity contribution < 1.29 is 4.42 Å². The van der Waals surface area contributed by atoms with Crippen molar-refractivity contribution in [2.75, 3.05) is 0 Å². The Morgan fingerprint density at radius 1 is 0.410 bits per heavy atom. The molecule has 0 unspecified atom stereocenters. The molecule has 0 aliphatic heterocycles. The summed E-state index contributed by atoms with van der Waals surface area (Å²) in [5.41, 5.74) is 4.47. The van der Waals surface area contributed by atoms with E-state index in [0.29, 0.717) is 17.5 Å². The van der Waals surface area contributed by atoms with Gasteiger partial charge >= 0.3 is 0 Å². The molecule has 8 rings (SSSR count). The van der Waals surface area contributed by atoms with Gasteiger partial charge in [0.1, 0.15) is 11.2 Å². The number of nitrogens with zero attached hydrogens (tertiary/aromatic N) is 3. The van der Waals surface area contributed by atoms with Crippen LogP contribution in [0.3, 0.4) is 0 Å². The average molecular weight is 500 g/mol. The Bertz CT molecular complexity index is 2110. The molecule has 0 N–H and O–H groups in total. The van der Waals surface area contributed by atoms with E-state index in [9.17, 15) is 0 Å². The van der Waals surface area contributed by atoms with E-state index in [0.717, 1.165) is 44.0 Å². The zero-order chi connectivity index (χ0) is 25.8. The van der Waals surface area contributed by atoms with Crippen LogP contribution in [-0.4, -0.2) is 15.0 Å². The number of fused-ring (bicyclic) bond motifs is 6. The molecule has 6 aromatic carbocycles. The second-order valence-corrected chi connectivity index (χ2v) is 9.68. The van der Waals surface area contributed by atoms with Crippen molar-refractivity contribution in [2.45, 2.75) is 0 Å². The maximum absolute atomic E-state index is 6.39. The van der Waals surface area contributed by atoms with Crippen molar-refractivity contribution in [1.82, 2.24) is 15.0 Å². The third kappa shape index (κ3) is 3.57. The van der Waals surface area contributed by atoms with Gasteiger partial charge in [-0.05, 0) is 39.7 Å². The average Bonchev–Trinajstić information content (AvgIpc) is 3.38. The van der Waals surface area contributed by atoms with Gasteiger partial charge in [0.2, 0.25) is 0 Å². The van der Waals surface area contributed by atoms with E-state index >= 15 is 0 Å². The Hall–Kier alpha value is -5.35. The molecule has 4 heteroatoms. The summed E-state index contributed by atoms with van der Waals surface area (Å²) in [4.78, 5) is 14.8. The Morgan fingerprint density at radius 3 is 1.79 bits per heavy atom. The lowest BCUT2D eigenvalue weighted by Crippen LogP contribution is -2.00. The Morgan fingerprint density at radius 2 is 1.05 bits per heavy atom. The lowest BCUT2D eigenvalue weighted by Gasteiger charge is -2.09. The highest BCUT2D eigenvalue weighted by Crippen LogP contribution is 2.39. The molecule has 0 saturated heterocycles. The highest BCUT2D eigenvalue weighted by molar-refractivity contribution is 6.19. The smallest absolute Gasteiger partial charge is 0.164 e. The maximum Gasteiger partial charge on any atom is 0.164 e. The van der Waals surface area contributed by atoms with Crippen molar-refractivity contribution in [3.63, 3.8) is 0 Å². The van der Waals surface area contributed by atoms with Gasteiger partial charge in [0.15, 0.2) is 17.5 Å². The molecule has 2 aromatic heterocycles. The predicted octanol–water partition coefficient (Wildman–Crippen LogP) is 9.08. The highest BCUT2D eigenvalue weighted by Gasteiger charge is 2.18. The van der Waals surface area contributed by atoms with Gasteiger partial charge in [0, 0.05) is 27.5 Å². The molecular weight excluding hydrogens is 478 g/mol. The van der Waals surface area contributed by atoms with Gasteiger partial charge in [-0.1, -0.05) is 109 Å². The van der Waals surface area contributed by atoms with Crippen LogP contribution < -0.4 is 0 Å². The number of furan rings is 1. The van der Waals surface area contributed by atoms with Crippen molar-refractivity contribution in [3.05, 3.63) is 127 Å². The van der Waals surface area contributed by atoms with Gasteiger partial charge in [-0.25, -0.2) is 15.0 Å². The molecular formula is C35H21N3O. The third-order valence-corrected chi connectivity index (χ3v) is 7.30. The first-order chi connectivity index (χ1) is 19.3. The predicted molar refractivity (Wildman–Crippen MR) is 158 cm³/mol. The molecule has 0 bridgehead atoms. The Labute approximate surface area is 224 Å². The van der Waals surface area contributed by atoms with Crippen LogP contribution in [0.25, 0.3) is 77.6 Å². The highest BCUT2D eigenvalue weighted by atomic mass is 16.3. The lowest BCUT2D eigenvalue weighted by atomic mass is 9.98. The zero-order valence-corrected chi connectivity index (χ0v) is 20.9. The van der Waals surface area contributed by atoms with E-state index in [1.54, 1.807) is 0 Å². The van der Waals surface area contributed by atoms with Gasteiger partial charge in [-0.2, -0.15) is 0 Å². The Balaban J connectivity index is 1.43. The fourth-order valence-electron chi connectivity index (χ4n) is 5.44. The minimum Gasteiger partial charge on any atom is -0.456 e. The van der Waals surface area contributed by atoms with Crippen LogP contribution in [0.5, 0.6) is 0 Å². The summed E-state index contributed by atoms with van der Waals surface area (Å²) in [5.74, 6) is 1.90. The van der Waals surface area contributed by atoms with Gasteiger partial charge in [-0.15, -0.1) is 0 Å². The summed E-state index contributed by atoms with van der Waals surface area (Å²) in [6, 6.07) is 43.4. The minimum atomic E-state index is 0.619. The summed E-state index contributed by atoms with van der Waals surface area (Å²) in [7, 11) is 0. The van der Waals surface area contributed by atoms with Crippen molar-refractivity contribution >= 4 is 43.5 Å². The van der Waals surface area contributed by atoms with E-state index in [2.05, 4.69) is 54.6 Å². The number of benzene rings is 6. The molecule has 0 radical (unpaired) electrons. The topological polar surface area (TPSA) is 51.8 Å². The van der Waals surface area contributed by atoms with Crippen LogP contribution in [0.15, 0.2) is 132 Å². The first kappa shape index (κ1) is 21.7. The van der Waals surface area contributed by atoms with E-state index in [1.807, 2.05) is 72.8 Å². The van der Waals surface area contributed by atoms with Crippen LogP contribution >= 0.6 is 0 Å². The van der Waals surface area contributed by atoms with Crippen molar-refractivity contribution in [1.29, 1.82) is 0 Å². The fourth-order valence-corrected chi connectivity index (χ4v) is 5.44. The molecule has 0 spiro atoms. The fraction of sp³-hybridized carbons (Fsp3) is 0. The molecule has 0 atom stereocenters. The van der Waals surface area contributed by atoms with Gasteiger partial charge in [0.05, 0.1) is 0 Å². The maximum atomic E-state index is 6.39. The Kier molecular flexibility index (Phi) is 4.79. The number of aromatic nitrogens is 3. The number of rotatable bonds is 3. The molecule has 0 aliphatic carbocycles. The minimum absolute atomic E-state index is 0.619. The molecule has 0 amide bonds. The van der Waals surface area contributed by atoms with E-state index < -0.39 is 0 Å². The standard InChI is InChI=1S/C35H21N3O/c1-3-11-23(12-4-1)33-36-34(24-13-5-2-6-14-24)38-35(37-33)27-16-9-17-30-32(27)29-21-28-25(20-31(29)39-30)19-18-22-10-7-8-15-26(22)28/h1-21H. The third-order valence-electron chi connectivity index (χ3n) is 7.30. The molecule has 39 heavy (non-hydrogen) atoms. The first-order valence-electron chi connectivity index (χ1n) is 13.0. The summed E-state index contributed by atoms with van der Waals surface area (Å²) in [6.07, 6.45) is 0. The van der Waals surface area contributed by atoms with E-state index in [-0.39, 0.29) is 0 Å². The second-order valence-electron chi connectivity index (χ2n) is 9.68. The molecule has 4 nitrogen and oxygen atoms in total. The normalized spacial score (nSPS) is 11.6. The summed E-state index contributed by atoms with van der Waals surface area (Å²) < 4.78 is 6.39. The van der Waals surface area contributed by atoms with Gasteiger partial charge in [-0.3, -0.25) is 0 Å². The lowest BCUT2D eigenvalue weighted by molar-refractivity contribution is 0.669. The summed E-state index contributed by atoms with van der Waals surface area (Å²) in [6.45, 7) is 0. The van der Waals surface area contributed by atoms with Crippen molar-refractivity contribution in [3.8, 4) is 34.2 Å². The largest absolute Gasteiger partial charge is 0.456 e.